The van der Waals surface area contributed by atoms with Gasteiger partial charge in [0.05, 0.1) is 23.4 Å². The lowest BCUT2D eigenvalue weighted by atomic mass is 10.2. The van der Waals surface area contributed by atoms with Crippen LogP contribution in [0.4, 0.5) is 0 Å². The van der Waals surface area contributed by atoms with Gasteiger partial charge in [-0.15, -0.1) is 12.4 Å². The van der Waals surface area contributed by atoms with Crippen LogP contribution in [0.1, 0.15) is 31.2 Å². The van der Waals surface area contributed by atoms with Gasteiger partial charge in [0.1, 0.15) is 0 Å². The van der Waals surface area contributed by atoms with Crippen LogP contribution in [0.5, 0.6) is 11.5 Å². The summed E-state index contributed by atoms with van der Waals surface area (Å²) in [6, 6.07) is 4.12. The van der Waals surface area contributed by atoms with E-state index >= 15 is 0 Å². The average molecular weight is 428 g/mol. The second kappa shape index (κ2) is 9.71. The Hall–Kier alpha value is -0.240. The molecule has 6 heteroatoms. The summed E-state index contributed by atoms with van der Waals surface area (Å²) in [5, 5.41) is 12.0. The Morgan fingerprint density at radius 3 is 2.67 bits per heavy atom. The van der Waals surface area contributed by atoms with Gasteiger partial charge in [-0.25, -0.2) is 0 Å². The fraction of sp³-hybridized carbons (Fsp3) is 0.600. The van der Waals surface area contributed by atoms with Crippen LogP contribution in [0.3, 0.4) is 0 Å². The molecule has 1 saturated carbocycles. The smallest absolute Gasteiger partial charge is 0.174 e. The van der Waals surface area contributed by atoms with E-state index < -0.39 is 0 Å². The Kier molecular flexibility index (Phi) is 8.70. The summed E-state index contributed by atoms with van der Waals surface area (Å²) in [5.41, 5.74) is 1.14. The molecule has 0 bridgehead atoms. The van der Waals surface area contributed by atoms with E-state index in [1.165, 1.54) is 12.8 Å². The van der Waals surface area contributed by atoms with Gasteiger partial charge in [0.2, 0.25) is 0 Å². The molecule has 0 aromatic heterocycles. The van der Waals surface area contributed by atoms with E-state index in [0.717, 1.165) is 40.0 Å². The van der Waals surface area contributed by atoms with Crippen LogP contribution >= 0.6 is 35.0 Å². The lowest BCUT2D eigenvalue weighted by molar-refractivity contribution is 0.199. The maximum Gasteiger partial charge on any atom is 0.174 e. The number of aliphatic hydroxyl groups excluding tert-OH is 1. The molecule has 1 aromatic carbocycles. The van der Waals surface area contributed by atoms with E-state index in [1.807, 2.05) is 6.07 Å². The maximum atomic E-state index is 8.79. The number of aliphatic hydroxyl groups is 1. The van der Waals surface area contributed by atoms with E-state index in [2.05, 4.69) is 34.0 Å². The number of rotatable bonds is 7. The highest BCUT2D eigenvalue weighted by atomic mass is 127. The normalized spacial score (nSPS) is 14.8. The molecular formula is C15H23ClINO3. The monoisotopic (exact) mass is 427 g/mol. The Morgan fingerprint density at radius 1 is 1.33 bits per heavy atom. The topological polar surface area (TPSA) is 50.7 Å². The summed E-state index contributed by atoms with van der Waals surface area (Å²) in [6.07, 6.45) is 5.12. The lowest BCUT2D eigenvalue weighted by Gasteiger charge is -2.18. The number of methoxy groups -OCH3 is 1. The second-order valence-electron chi connectivity index (χ2n) is 5.03. The second-order valence-corrected chi connectivity index (χ2v) is 6.20. The summed E-state index contributed by atoms with van der Waals surface area (Å²) in [4.78, 5) is 0. The van der Waals surface area contributed by atoms with Gasteiger partial charge in [-0.3, -0.25) is 0 Å². The molecule has 0 amide bonds. The molecule has 1 aliphatic rings. The van der Waals surface area contributed by atoms with Crippen molar-refractivity contribution in [3.63, 3.8) is 0 Å². The summed E-state index contributed by atoms with van der Waals surface area (Å²) >= 11 is 2.30. The van der Waals surface area contributed by atoms with Crippen LogP contribution in [0.15, 0.2) is 12.1 Å². The number of halogens is 2. The SMILES string of the molecule is COc1cc(CNCCO)cc(I)c1OC1CCCC1.Cl. The van der Waals surface area contributed by atoms with E-state index in [0.29, 0.717) is 12.6 Å². The molecule has 2 N–H and O–H groups in total. The van der Waals surface area contributed by atoms with Crippen LogP contribution in [0.25, 0.3) is 0 Å². The third-order valence-electron chi connectivity index (χ3n) is 3.49. The summed E-state index contributed by atoms with van der Waals surface area (Å²) in [5.74, 6) is 1.66. The molecule has 120 valence electrons. The number of ether oxygens (including phenoxy) is 2. The quantitative estimate of drug-likeness (QED) is 0.518. The van der Waals surface area contributed by atoms with E-state index in [4.69, 9.17) is 14.6 Å². The molecule has 0 spiro atoms. The largest absolute Gasteiger partial charge is 0.493 e. The van der Waals surface area contributed by atoms with Gasteiger partial charge in [0.15, 0.2) is 11.5 Å². The number of hydrogen-bond acceptors (Lipinski definition) is 4. The van der Waals surface area contributed by atoms with Crippen LogP contribution < -0.4 is 14.8 Å². The van der Waals surface area contributed by atoms with Crippen LogP contribution in [0.2, 0.25) is 0 Å². The van der Waals surface area contributed by atoms with E-state index in [1.54, 1.807) is 7.11 Å². The van der Waals surface area contributed by atoms with Crippen molar-refractivity contribution >= 4 is 35.0 Å². The molecule has 0 atom stereocenters. The van der Waals surface area contributed by atoms with Gasteiger partial charge in [0, 0.05) is 13.1 Å². The van der Waals surface area contributed by atoms with E-state index in [9.17, 15) is 0 Å². The summed E-state index contributed by atoms with van der Waals surface area (Å²) < 4.78 is 12.7. The first-order valence-electron chi connectivity index (χ1n) is 7.09. The number of nitrogens with one attached hydrogen (secondary N) is 1. The highest BCUT2D eigenvalue weighted by Gasteiger charge is 2.20. The molecule has 0 aliphatic heterocycles. The van der Waals surface area contributed by atoms with Crippen molar-refractivity contribution in [3.8, 4) is 11.5 Å². The van der Waals surface area contributed by atoms with Crippen molar-refractivity contribution in [2.75, 3.05) is 20.3 Å². The van der Waals surface area contributed by atoms with Crippen molar-refractivity contribution in [1.82, 2.24) is 5.32 Å². The van der Waals surface area contributed by atoms with Gasteiger partial charge in [-0.1, -0.05) is 0 Å². The highest BCUT2D eigenvalue weighted by molar-refractivity contribution is 14.1. The Bertz CT molecular complexity index is 439. The first-order chi connectivity index (χ1) is 9.74. The molecule has 0 saturated heterocycles. The fourth-order valence-electron chi connectivity index (χ4n) is 2.47. The predicted molar refractivity (Wildman–Crippen MR) is 94.6 cm³/mol. The summed E-state index contributed by atoms with van der Waals surface area (Å²) in [7, 11) is 1.68. The molecule has 2 rings (SSSR count). The molecule has 21 heavy (non-hydrogen) atoms. The average Bonchev–Trinajstić information content (AvgIpc) is 2.94. The molecule has 4 nitrogen and oxygen atoms in total. The van der Waals surface area contributed by atoms with Crippen LogP contribution in [0, 0.1) is 3.57 Å². The maximum absolute atomic E-state index is 8.79. The zero-order valence-corrected chi connectivity index (χ0v) is 15.2. The van der Waals surface area contributed by atoms with Crippen molar-refractivity contribution < 1.29 is 14.6 Å². The molecule has 1 aliphatic carbocycles. The van der Waals surface area contributed by atoms with E-state index in [-0.39, 0.29) is 19.0 Å². The van der Waals surface area contributed by atoms with Crippen molar-refractivity contribution in [2.45, 2.75) is 38.3 Å². The third-order valence-corrected chi connectivity index (χ3v) is 4.29. The zero-order valence-electron chi connectivity index (χ0n) is 12.2. The van der Waals surface area contributed by atoms with Gasteiger partial charge < -0.3 is 19.9 Å². The van der Waals surface area contributed by atoms with Crippen molar-refractivity contribution in [1.29, 1.82) is 0 Å². The number of benzene rings is 1. The molecule has 0 radical (unpaired) electrons. The first-order valence-corrected chi connectivity index (χ1v) is 8.17. The van der Waals surface area contributed by atoms with Gasteiger partial charge in [0.25, 0.3) is 0 Å². The van der Waals surface area contributed by atoms with Crippen LogP contribution in [-0.4, -0.2) is 31.5 Å². The molecule has 1 fully saturated rings. The standard InChI is InChI=1S/C15H22INO3.ClH/c1-19-14-9-11(10-17-6-7-18)8-13(16)15(14)20-12-4-2-3-5-12;/h8-9,12,17-18H,2-7,10H2,1H3;1H. The molecule has 1 aromatic rings. The van der Waals surface area contributed by atoms with Gasteiger partial charge in [-0.2, -0.15) is 0 Å². The molecule has 0 heterocycles. The minimum absolute atomic E-state index is 0. The predicted octanol–water partition coefficient (Wildman–Crippen LogP) is 3.12. The Balaban J connectivity index is 0.00000220. The Morgan fingerprint density at radius 2 is 2.05 bits per heavy atom. The fourth-order valence-corrected chi connectivity index (χ4v) is 3.27. The van der Waals surface area contributed by atoms with Gasteiger partial charge in [-0.05, 0) is 66.0 Å². The highest BCUT2D eigenvalue weighted by Crippen LogP contribution is 2.36. The minimum atomic E-state index is 0. The zero-order chi connectivity index (χ0) is 14.4. The Labute approximate surface area is 146 Å². The molecule has 0 unspecified atom stereocenters. The third kappa shape index (κ3) is 5.47. The first kappa shape index (κ1) is 18.8. The van der Waals surface area contributed by atoms with Crippen LogP contribution in [-0.2, 0) is 6.54 Å². The minimum Gasteiger partial charge on any atom is -0.493 e. The number of hydrogen-bond donors (Lipinski definition) is 2. The van der Waals surface area contributed by atoms with Gasteiger partial charge >= 0.3 is 0 Å². The molecular weight excluding hydrogens is 405 g/mol. The lowest BCUT2D eigenvalue weighted by Crippen LogP contribution is -2.18. The van der Waals surface area contributed by atoms with Crippen molar-refractivity contribution in [2.24, 2.45) is 0 Å². The summed E-state index contributed by atoms with van der Waals surface area (Å²) in [6.45, 7) is 1.47. The van der Waals surface area contributed by atoms with Crippen molar-refractivity contribution in [3.05, 3.63) is 21.3 Å².